The van der Waals surface area contributed by atoms with Crippen molar-refractivity contribution in [2.75, 3.05) is 0 Å². The first kappa shape index (κ1) is 12.4. The number of ketones is 1. The minimum Gasteiger partial charge on any atom is -0.294 e. The number of benzene rings is 1. The van der Waals surface area contributed by atoms with E-state index in [0.29, 0.717) is 11.7 Å². The summed E-state index contributed by atoms with van der Waals surface area (Å²) < 4.78 is 1.10. The van der Waals surface area contributed by atoms with Gasteiger partial charge in [0.1, 0.15) is 0 Å². The Morgan fingerprint density at radius 2 is 1.72 bits per heavy atom. The predicted octanol–water partition coefficient (Wildman–Crippen LogP) is 4.60. The fraction of sp³-hybridized carbons (Fsp3) is 0.562. The summed E-state index contributed by atoms with van der Waals surface area (Å²) in [6, 6.07) is 2.13. The van der Waals surface area contributed by atoms with Crippen LogP contribution < -0.4 is 0 Å². The average molecular weight is 307 g/mol. The van der Waals surface area contributed by atoms with Crippen LogP contribution in [0.5, 0.6) is 0 Å². The first-order valence-corrected chi connectivity index (χ1v) is 7.58. The van der Waals surface area contributed by atoms with E-state index in [1.165, 1.54) is 12.0 Å². The standard InChI is InChI=1S/C16H19BrO/c1-8-4-9(2)15(17)10(3)14(8)16(18)13-6-11-5-12(11)7-13/h4,11-13H,5-7H2,1-3H3. The molecule has 0 radical (unpaired) electrons. The SMILES string of the molecule is Cc1cc(C)c(C(=O)C2CC3CC3C2)c(C)c1Br. The molecule has 0 bridgehead atoms. The first-order chi connectivity index (χ1) is 8.49. The number of halogens is 1. The fourth-order valence-corrected chi connectivity index (χ4v) is 3.99. The molecule has 2 atom stereocenters. The normalized spacial score (nSPS) is 29.2. The van der Waals surface area contributed by atoms with E-state index in [-0.39, 0.29) is 0 Å². The summed E-state index contributed by atoms with van der Waals surface area (Å²) in [7, 11) is 0. The molecule has 96 valence electrons. The number of rotatable bonds is 2. The zero-order valence-corrected chi connectivity index (χ0v) is 12.8. The van der Waals surface area contributed by atoms with Gasteiger partial charge in [-0.05, 0) is 68.6 Å². The number of fused-ring (bicyclic) bond motifs is 1. The van der Waals surface area contributed by atoms with Crippen LogP contribution in [0.25, 0.3) is 0 Å². The van der Waals surface area contributed by atoms with E-state index in [2.05, 4.69) is 42.8 Å². The van der Waals surface area contributed by atoms with Gasteiger partial charge in [0, 0.05) is 16.0 Å². The summed E-state index contributed by atoms with van der Waals surface area (Å²) in [5.41, 5.74) is 4.45. The summed E-state index contributed by atoms with van der Waals surface area (Å²) in [6.45, 7) is 6.21. The predicted molar refractivity (Wildman–Crippen MR) is 77.0 cm³/mol. The van der Waals surface area contributed by atoms with E-state index in [1.54, 1.807) is 0 Å². The molecule has 2 heteroatoms. The van der Waals surface area contributed by atoms with Gasteiger partial charge in [0.05, 0.1) is 0 Å². The van der Waals surface area contributed by atoms with E-state index in [4.69, 9.17) is 0 Å². The first-order valence-electron chi connectivity index (χ1n) is 6.79. The average Bonchev–Trinajstić information content (AvgIpc) is 2.93. The van der Waals surface area contributed by atoms with Crippen LogP contribution in [0.2, 0.25) is 0 Å². The highest BCUT2D eigenvalue weighted by atomic mass is 79.9. The van der Waals surface area contributed by atoms with Gasteiger partial charge < -0.3 is 0 Å². The number of carbonyl (C=O) groups excluding carboxylic acids is 1. The lowest BCUT2D eigenvalue weighted by molar-refractivity contribution is 0.0913. The highest BCUT2D eigenvalue weighted by molar-refractivity contribution is 9.10. The van der Waals surface area contributed by atoms with Crippen molar-refractivity contribution in [3.05, 3.63) is 32.8 Å². The van der Waals surface area contributed by atoms with Gasteiger partial charge in [0.2, 0.25) is 0 Å². The van der Waals surface area contributed by atoms with Crippen molar-refractivity contribution in [2.45, 2.75) is 40.0 Å². The minimum absolute atomic E-state index is 0.292. The van der Waals surface area contributed by atoms with Crippen LogP contribution in [-0.4, -0.2) is 5.78 Å². The summed E-state index contributed by atoms with van der Waals surface area (Å²) in [6.07, 6.45) is 3.64. The molecule has 1 aromatic rings. The fourth-order valence-electron chi connectivity index (χ4n) is 3.67. The van der Waals surface area contributed by atoms with E-state index in [9.17, 15) is 4.79 Å². The van der Waals surface area contributed by atoms with Crippen molar-refractivity contribution in [1.29, 1.82) is 0 Å². The quantitative estimate of drug-likeness (QED) is 0.730. The molecule has 2 aliphatic rings. The van der Waals surface area contributed by atoms with Gasteiger partial charge in [-0.3, -0.25) is 4.79 Å². The van der Waals surface area contributed by atoms with Gasteiger partial charge >= 0.3 is 0 Å². The Morgan fingerprint density at radius 3 is 2.33 bits per heavy atom. The Labute approximate surface area is 117 Å². The van der Waals surface area contributed by atoms with Gasteiger partial charge in [-0.1, -0.05) is 22.0 Å². The number of Topliss-reactive ketones (excluding diaryl/α,β-unsaturated/α-hetero) is 1. The molecule has 1 aromatic carbocycles. The second-order valence-corrected chi connectivity index (χ2v) is 6.91. The molecule has 0 amide bonds. The van der Waals surface area contributed by atoms with Gasteiger partial charge in [-0.15, -0.1) is 0 Å². The van der Waals surface area contributed by atoms with Crippen molar-refractivity contribution in [3.63, 3.8) is 0 Å². The van der Waals surface area contributed by atoms with Crippen LogP contribution in [0.15, 0.2) is 10.5 Å². The molecule has 2 aliphatic carbocycles. The summed E-state index contributed by atoms with van der Waals surface area (Å²) in [5.74, 6) is 2.42. The van der Waals surface area contributed by atoms with Gasteiger partial charge in [-0.25, -0.2) is 0 Å². The lowest BCUT2D eigenvalue weighted by atomic mass is 9.87. The van der Waals surface area contributed by atoms with Crippen molar-refractivity contribution in [1.82, 2.24) is 0 Å². The van der Waals surface area contributed by atoms with Gasteiger partial charge in [0.25, 0.3) is 0 Å². The molecule has 2 fully saturated rings. The molecule has 1 nitrogen and oxygen atoms in total. The van der Waals surface area contributed by atoms with Crippen LogP contribution in [0.1, 0.15) is 46.3 Å². The highest BCUT2D eigenvalue weighted by Gasteiger charge is 2.48. The molecule has 0 aliphatic heterocycles. The van der Waals surface area contributed by atoms with E-state index in [1.807, 2.05) is 0 Å². The van der Waals surface area contributed by atoms with E-state index < -0.39 is 0 Å². The lowest BCUT2D eigenvalue weighted by Crippen LogP contribution is -2.16. The largest absolute Gasteiger partial charge is 0.294 e. The van der Waals surface area contributed by atoms with Crippen molar-refractivity contribution in [2.24, 2.45) is 17.8 Å². The molecule has 3 rings (SSSR count). The van der Waals surface area contributed by atoms with E-state index >= 15 is 0 Å². The molecule has 0 saturated heterocycles. The van der Waals surface area contributed by atoms with Crippen LogP contribution >= 0.6 is 15.9 Å². The minimum atomic E-state index is 0.292. The second kappa shape index (κ2) is 4.19. The van der Waals surface area contributed by atoms with Crippen molar-refractivity contribution < 1.29 is 4.79 Å². The molecular weight excluding hydrogens is 288 g/mol. The van der Waals surface area contributed by atoms with Crippen LogP contribution in [-0.2, 0) is 0 Å². The maximum absolute atomic E-state index is 12.7. The molecule has 0 spiro atoms. The molecular formula is C16H19BrO. The van der Waals surface area contributed by atoms with Crippen molar-refractivity contribution in [3.8, 4) is 0 Å². The summed E-state index contributed by atoms with van der Waals surface area (Å²) in [4.78, 5) is 12.7. The lowest BCUT2D eigenvalue weighted by Gasteiger charge is -2.17. The maximum Gasteiger partial charge on any atom is 0.166 e. The van der Waals surface area contributed by atoms with Crippen LogP contribution in [0.4, 0.5) is 0 Å². The third-order valence-corrected chi connectivity index (χ3v) is 5.96. The van der Waals surface area contributed by atoms with Crippen LogP contribution in [0, 0.1) is 38.5 Å². The zero-order chi connectivity index (χ0) is 13.0. The number of hydrogen-bond donors (Lipinski definition) is 0. The molecule has 0 heterocycles. The molecule has 18 heavy (non-hydrogen) atoms. The Hall–Kier alpha value is -0.630. The molecule has 2 unspecified atom stereocenters. The third-order valence-electron chi connectivity index (χ3n) is 4.74. The number of carbonyl (C=O) groups is 1. The molecule has 0 aromatic heterocycles. The topological polar surface area (TPSA) is 17.1 Å². The summed E-state index contributed by atoms with van der Waals surface area (Å²) >= 11 is 3.61. The van der Waals surface area contributed by atoms with Crippen molar-refractivity contribution >= 4 is 21.7 Å². The number of aryl methyl sites for hydroxylation is 2. The highest BCUT2D eigenvalue weighted by Crippen LogP contribution is 2.55. The Morgan fingerprint density at radius 1 is 1.11 bits per heavy atom. The molecule has 0 N–H and O–H groups in total. The van der Waals surface area contributed by atoms with Gasteiger partial charge in [-0.2, -0.15) is 0 Å². The Balaban J connectivity index is 1.96. The third kappa shape index (κ3) is 1.85. The molecule has 2 saturated carbocycles. The second-order valence-electron chi connectivity index (χ2n) is 6.11. The zero-order valence-electron chi connectivity index (χ0n) is 11.2. The smallest absolute Gasteiger partial charge is 0.166 e. The van der Waals surface area contributed by atoms with E-state index in [0.717, 1.165) is 45.8 Å². The monoisotopic (exact) mass is 306 g/mol. The maximum atomic E-state index is 12.7. The van der Waals surface area contributed by atoms with Crippen LogP contribution in [0.3, 0.4) is 0 Å². The number of hydrogen-bond acceptors (Lipinski definition) is 1. The Kier molecular flexibility index (Phi) is 2.89. The summed E-state index contributed by atoms with van der Waals surface area (Å²) in [5, 5.41) is 0. The van der Waals surface area contributed by atoms with Gasteiger partial charge in [0.15, 0.2) is 5.78 Å². The Bertz CT molecular complexity index is 522.